The van der Waals surface area contributed by atoms with Crippen molar-refractivity contribution in [3.63, 3.8) is 0 Å². The second-order valence-corrected chi connectivity index (χ2v) is 14.9. The molecular weight excluding hydrogens is 625 g/mol. The Kier molecular flexibility index (Phi) is 13.8. The molecule has 0 amide bonds. The normalized spacial score (nSPS) is 11.6. The van der Waals surface area contributed by atoms with Crippen molar-refractivity contribution in [2.45, 2.75) is 59.3 Å². The molecule has 50 heavy (non-hydrogen) atoms. The fourth-order valence-corrected chi connectivity index (χ4v) is 8.67. The predicted octanol–water partition coefficient (Wildman–Crippen LogP) is 9.37. The van der Waals surface area contributed by atoms with Crippen molar-refractivity contribution in [1.29, 1.82) is 0 Å². The van der Waals surface area contributed by atoms with Crippen molar-refractivity contribution in [2.24, 2.45) is 0 Å². The van der Waals surface area contributed by atoms with Crippen molar-refractivity contribution >= 4 is 55.2 Å². The number of carbonyl (C=O) groups excluding carboxylic acids is 1. The van der Waals surface area contributed by atoms with Crippen LogP contribution in [-0.2, 0) is 0 Å². The molecule has 0 fully saturated rings. The quantitative estimate of drug-likeness (QED) is 0.0566. The average Bonchev–Trinajstić information content (AvgIpc) is 3.63. The van der Waals surface area contributed by atoms with Crippen LogP contribution in [0.4, 0.5) is 0 Å². The van der Waals surface area contributed by atoms with Crippen LogP contribution in [0.2, 0.25) is 0 Å². The van der Waals surface area contributed by atoms with E-state index < -0.39 is 6.15 Å². The summed E-state index contributed by atoms with van der Waals surface area (Å²) in [5, 5.41) is 1.20. The van der Waals surface area contributed by atoms with Crippen LogP contribution in [0.25, 0.3) is 10.1 Å². The third-order valence-electron chi connectivity index (χ3n) is 10.3. The summed E-state index contributed by atoms with van der Waals surface area (Å²) in [5.41, 5.74) is 5.36. The van der Waals surface area contributed by atoms with E-state index in [0.29, 0.717) is 12.3 Å². The maximum Gasteiger partial charge on any atom is 0.226 e. The minimum Gasteiger partial charge on any atom is -0.317 e. The van der Waals surface area contributed by atoms with Crippen LogP contribution in [-0.4, -0.2) is 42.6 Å². The van der Waals surface area contributed by atoms with Gasteiger partial charge in [-0.2, -0.15) is 21.9 Å². The minimum atomic E-state index is -1.22. The molecule has 0 saturated heterocycles. The van der Waals surface area contributed by atoms with Gasteiger partial charge in [0, 0.05) is 4.70 Å². The Morgan fingerprint density at radius 2 is 0.880 bits per heavy atom. The molecule has 0 atom stereocenters. The average molecular weight is 680 g/mol. The highest BCUT2D eigenvalue weighted by atomic mass is 32.1. The Morgan fingerprint density at radius 1 is 0.520 bits per heavy atom. The zero-order valence-corrected chi connectivity index (χ0v) is 31.2. The van der Waals surface area contributed by atoms with Crippen LogP contribution in [0.5, 0.6) is 0 Å². The van der Waals surface area contributed by atoms with Gasteiger partial charge in [0.15, 0.2) is 0 Å². The van der Waals surface area contributed by atoms with Crippen LogP contribution in [0, 0.1) is 0 Å². The van der Waals surface area contributed by atoms with Crippen LogP contribution >= 0.6 is 11.3 Å². The van der Waals surface area contributed by atoms with Gasteiger partial charge in [0.2, 0.25) is 5.78 Å². The van der Waals surface area contributed by atoms with E-state index in [1.54, 1.807) is 11.3 Å². The van der Waals surface area contributed by atoms with Crippen molar-refractivity contribution in [3.05, 3.63) is 157 Å². The third-order valence-corrected chi connectivity index (χ3v) is 11.5. The lowest BCUT2D eigenvalue weighted by Crippen LogP contribution is -2.74. The summed E-state index contributed by atoms with van der Waals surface area (Å²) < 4.78 is 2.21. The molecular formula is C46H54BNOS. The number of carbonyl (C=O) groups is 1. The number of unbranched alkanes of at least 4 members (excludes halogenated alkanes) is 3. The molecule has 2 nitrogen and oxygen atoms in total. The van der Waals surface area contributed by atoms with E-state index >= 15 is 0 Å². The molecule has 0 N–H and O–H groups in total. The van der Waals surface area contributed by atoms with Gasteiger partial charge in [0.25, 0.3) is 0 Å². The number of nitrogens with zero attached hydrogens (tertiary/aromatic N) is 1. The van der Waals surface area contributed by atoms with Crippen LogP contribution in [0.15, 0.2) is 152 Å². The lowest BCUT2D eigenvalue weighted by atomic mass is 9.13. The number of rotatable bonds is 16. The van der Waals surface area contributed by atoms with E-state index in [4.69, 9.17) is 0 Å². The monoisotopic (exact) mass is 679 g/mol. The fourth-order valence-electron chi connectivity index (χ4n) is 7.68. The Bertz CT molecular complexity index is 1640. The standard InChI is InChI=1S/C24H20B.C22H34NOS/c1-5-13-21(14-6-1)25(22-15-7-2-8-16-22,23-17-9-3-10-18-23)24-19-11-4-12-20-24;1-4-7-14-23(15-8-5-2,16-9-6-3)18-20(24)22-17-19-12-10-11-13-21(19)25-22/h1-20H;10-13,17H,4-9,14-16,18H2,1-3H3/q-1;+1. The number of hydrogen-bond donors (Lipinski definition) is 0. The van der Waals surface area contributed by atoms with Gasteiger partial charge in [-0.3, -0.25) is 4.79 Å². The SMILES string of the molecule is CCCC[N+](CCCC)(CCCC)CC(=O)c1cc2ccccc2s1.c1ccc([B-](c2ccccc2)(c2ccccc2)c2ccccc2)cc1. The molecule has 0 bridgehead atoms. The summed E-state index contributed by atoms with van der Waals surface area (Å²) >= 11 is 1.66. The van der Waals surface area contributed by atoms with Crippen LogP contribution in [0.3, 0.4) is 0 Å². The molecule has 5 aromatic carbocycles. The number of benzene rings is 5. The van der Waals surface area contributed by atoms with Gasteiger partial charge in [-0.15, -0.1) is 11.3 Å². The van der Waals surface area contributed by atoms with Crippen molar-refractivity contribution in [2.75, 3.05) is 26.2 Å². The summed E-state index contributed by atoms with van der Waals surface area (Å²) in [5.74, 6) is 0.338. The summed E-state index contributed by atoms with van der Waals surface area (Å²) in [6.45, 7) is 10.9. The molecule has 6 aromatic rings. The number of quaternary nitrogens is 1. The molecule has 0 unspecified atom stereocenters. The Balaban J connectivity index is 0.000000194. The largest absolute Gasteiger partial charge is 0.317 e. The number of ketones is 1. The van der Waals surface area contributed by atoms with Gasteiger partial charge >= 0.3 is 0 Å². The van der Waals surface area contributed by atoms with E-state index in [0.717, 1.165) is 29.0 Å². The topological polar surface area (TPSA) is 17.1 Å². The second-order valence-electron chi connectivity index (χ2n) is 13.8. The number of hydrogen-bond acceptors (Lipinski definition) is 2. The van der Waals surface area contributed by atoms with Gasteiger partial charge < -0.3 is 4.48 Å². The zero-order chi connectivity index (χ0) is 35.1. The summed E-state index contributed by atoms with van der Waals surface area (Å²) in [4.78, 5) is 14.1. The fraction of sp³-hybridized carbons (Fsp3) is 0.283. The highest BCUT2D eigenvalue weighted by molar-refractivity contribution is 7.21. The first-order valence-corrected chi connectivity index (χ1v) is 19.6. The number of fused-ring (bicyclic) bond motifs is 1. The molecule has 0 radical (unpaired) electrons. The van der Waals surface area contributed by atoms with E-state index in [9.17, 15) is 4.79 Å². The molecule has 0 aliphatic rings. The number of thiophene rings is 1. The maximum absolute atomic E-state index is 13.1. The highest BCUT2D eigenvalue weighted by Gasteiger charge is 2.32. The Hall–Kier alpha value is -4.25. The molecule has 0 saturated carbocycles. The maximum atomic E-state index is 13.1. The van der Waals surface area contributed by atoms with E-state index in [2.05, 4.69) is 166 Å². The van der Waals surface area contributed by atoms with Crippen molar-refractivity contribution < 1.29 is 9.28 Å². The van der Waals surface area contributed by atoms with E-state index in [1.807, 2.05) is 6.07 Å². The molecule has 1 heterocycles. The molecule has 4 heteroatoms. The zero-order valence-electron chi connectivity index (χ0n) is 30.3. The van der Waals surface area contributed by atoms with Gasteiger partial charge in [0.05, 0.1) is 24.5 Å². The molecule has 1 aromatic heterocycles. The molecule has 0 aliphatic carbocycles. The predicted molar refractivity (Wildman–Crippen MR) is 221 cm³/mol. The summed E-state index contributed by atoms with van der Waals surface area (Å²) in [6, 6.07) is 53.9. The number of Topliss-reactive ketones (excluding diaryl/α,β-unsaturated/α-hetero) is 1. The van der Waals surface area contributed by atoms with Gasteiger partial charge in [-0.25, -0.2) is 0 Å². The van der Waals surface area contributed by atoms with E-state index in [-0.39, 0.29) is 0 Å². The second kappa shape index (κ2) is 18.7. The molecule has 0 spiro atoms. The highest BCUT2D eigenvalue weighted by Crippen LogP contribution is 2.27. The first-order valence-electron chi connectivity index (χ1n) is 18.8. The van der Waals surface area contributed by atoms with Crippen molar-refractivity contribution in [3.8, 4) is 0 Å². The lowest BCUT2D eigenvalue weighted by Gasteiger charge is -2.44. The first kappa shape index (κ1) is 37.0. The van der Waals surface area contributed by atoms with Crippen LogP contribution < -0.4 is 21.9 Å². The molecule has 0 aliphatic heterocycles. The van der Waals surface area contributed by atoms with Crippen molar-refractivity contribution in [1.82, 2.24) is 0 Å². The minimum absolute atomic E-state index is 0.338. The summed E-state index contributed by atoms with van der Waals surface area (Å²) in [6.07, 6.45) is 6.04. The van der Waals surface area contributed by atoms with Gasteiger partial charge in [-0.1, -0.05) is 180 Å². The van der Waals surface area contributed by atoms with Crippen LogP contribution in [0.1, 0.15) is 69.0 Å². The Labute approximate surface area is 305 Å². The molecule has 258 valence electrons. The Morgan fingerprint density at radius 3 is 1.24 bits per heavy atom. The third kappa shape index (κ3) is 8.91. The van der Waals surface area contributed by atoms with Gasteiger partial charge in [-0.05, 0) is 36.8 Å². The molecule has 6 rings (SSSR count). The van der Waals surface area contributed by atoms with Gasteiger partial charge in [0.1, 0.15) is 12.7 Å². The lowest BCUT2D eigenvalue weighted by molar-refractivity contribution is -0.921. The summed E-state index contributed by atoms with van der Waals surface area (Å²) in [7, 11) is 0. The van der Waals surface area contributed by atoms with E-state index in [1.165, 1.54) is 70.5 Å². The smallest absolute Gasteiger partial charge is 0.226 e. The first-order chi connectivity index (χ1) is 24.6.